The highest BCUT2D eigenvalue weighted by Crippen LogP contribution is 2.28. The highest BCUT2D eigenvalue weighted by atomic mass is 19.3. The summed E-state index contributed by atoms with van der Waals surface area (Å²) in [6.07, 6.45) is -0.169. The van der Waals surface area contributed by atoms with Crippen LogP contribution in [0.15, 0.2) is 22.6 Å². The molecular formula is C12H12F3N3O. The molecular weight excluding hydrogens is 259 g/mol. The number of nitrogens with zero attached hydrogens (tertiary/aromatic N) is 1. The summed E-state index contributed by atoms with van der Waals surface area (Å²) in [5, 5.41) is 5.43. The highest BCUT2D eigenvalue weighted by molar-refractivity contribution is 5.74. The van der Waals surface area contributed by atoms with Gasteiger partial charge in [0.25, 0.3) is 11.9 Å². The van der Waals surface area contributed by atoms with Crippen LogP contribution in [0.5, 0.6) is 0 Å². The molecule has 2 heterocycles. The van der Waals surface area contributed by atoms with E-state index in [1.807, 2.05) is 0 Å². The Balaban J connectivity index is 1.72. The zero-order chi connectivity index (χ0) is 13.5. The lowest BCUT2D eigenvalue weighted by Gasteiger charge is -2.18. The molecule has 0 amide bonds. The van der Waals surface area contributed by atoms with Gasteiger partial charge in [-0.25, -0.2) is 13.2 Å². The molecule has 102 valence electrons. The SMILES string of the molecule is Fc1ccc2oc(NCC3NCCC3(F)F)nc2c1. The second kappa shape index (κ2) is 4.41. The van der Waals surface area contributed by atoms with Crippen LogP contribution in [0.25, 0.3) is 11.1 Å². The van der Waals surface area contributed by atoms with Gasteiger partial charge in [-0.3, -0.25) is 0 Å². The number of hydrogen-bond donors (Lipinski definition) is 2. The smallest absolute Gasteiger partial charge is 0.295 e. The molecule has 3 rings (SSSR count). The van der Waals surface area contributed by atoms with Gasteiger partial charge < -0.3 is 15.1 Å². The van der Waals surface area contributed by atoms with Gasteiger partial charge in [-0.15, -0.1) is 0 Å². The molecule has 1 fully saturated rings. The number of anilines is 1. The predicted molar refractivity (Wildman–Crippen MR) is 63.8 cm³/mol. The summed E-state index contributed by atoms with van der Waals surface area (Å²) < 4.78 is 45.0. The fraction of sp³-hybridized carbons (Fsp3) is 0.417. The number of oxazole rings is 1. The van der Waals surface area contributed by atoms with E-state index in [0.717, 1.165) is 0 Å². The molecule has 1 aliphatic rings. The molecule has 1 aromatic carbocycles. The fourth-order valence-electron chi connectivity index (χ4n) is 2.12. The molecule has 1 aromatic heterocycles. The summed E-state index contributed by atoms with van der Waals surface area (Å²) in [6.45, 7) is 0.292. The molecule has 0 radical (unpaired) electrons. The molecule has 0 spiro atoms. The Kier molecular flexibility index (Phi) is 2.85. The van der Waals surface area contributed by atoms with Crippen LogP contribution in [0.4, 0.5) is 19.2 Å². The summed E-state index contributed by atoms with van der Waals surface area (Å²) in [7, 11) is 0. The van der Waals surface area contributed by atoms with Gasteiger partial charge in [0.15, 0.2) is 5.58 Å². The van der Waals surface area contributed by atoms with E-state index in [0.29, 0.717) is 11.1 Å². The van der Waals surface area contributed by atoms with Crippen molar-refractivity contribution in [2.24, 2.45) is 0 Å². The number of alkyl halides is 2. The van der Waals surface area contributed by atoms with Crippen molar-refractivity contribution in [2.45, 2.75) is 18.4 Å². The Hall–Kier alpha value is -1.76. The molecule has 1 aliphatic heterocycles. The lowest BCUT2D eigenvalue weighted by Crippen LogP contribution is -2.41. The molecule has 1 atom stereocenters. The van der Waals surface area contributed by atoms with Gasteiger partial charge in [-0.2, -0.15) is 4.98 Å². The minimum atomic E-state index is -2.73. The summed E-state index contributed by atoms with van der Waals surface area (Å²) in [5.41, 5.74) is 0.767. The number of hydrogen-bond acceptors (Lipinski definition) is 4. The molecule has 4 nitrogen and oxygen atoms in total. The van der Waals surface area contributed by atoms with Crippen LogP contribution in [-0.2, 0) is 0 Å². The number of fused-ring (bicyclic) bond motifs is 1. The second-order valence-corrected chi connectivity index (χ2v) is 4.53. The maximum atomic E-state index is 13.4. The van der Waals surface area contributed by atoms with Crippen LogP contribution in [0.2, 0.25) is 0 Å². The average molecular weight is 271 g/mol. The van der Waals surface area contributed by atoms with E-state index in [9.17, 15) is 13.2 Å². The highest BCUT2D eigenvalue weighted by Gasteiger charge is 2.43. The van der Waals surface area contributed by atoms with E-state index in [2.05, 4.69) is 15.6 Å². The quantitative estimate of drug-likeness (QED) is 0.900. The third-order valence-electron chi connectivity index (χ3n) is 3.17. The Labute approximate surface area is 107 Å². The Morgan fingerprint density at radius 3 is 3.05 bits per heavy atom. The molecule has 2 aromatic rings. The van der Waals surface area contributed by atoms with E-state index >= 15 is 0 Å². The first kappa shape index (κ1) is 12.3. The van der Waals surface area contributed by atoms with Crippen molar-refractivity contribution in [3.8, 4) is 0 Å². The van der Waals surface area contributed by atoms with Crippen molar-refractivity contribution in [2.75, 3.05) is 18.4 Å². The van der Waals surface area contributed by atoms with Crippen molar-refractivity contribution in [3.05, 3.63) is 24.0 Å². The largest absolute Gasteiger partial charge is 0.424 e. The first-order valence-electron chi connectivity index (χ1n) is 5.96. The summed E-state index contributed by atoms with van der Waals surface area (Å²) in [4.78, 5) is 3.99. The lowest BCUT2D eigenvalue weighted by atomic mass is 10.1. The molecule has 1 saturated heterocycles. The Bertz CT molecular complexity index is 599. The molecule has 1 unspecified atom stereocenters. The fourth-order valence-corrected chi connectivity index (χ4v) is 2.12. The molecule has 2 N–H and O–H groups in total. The maximum absolute atomic E-state index is 13.4. The van der Waals surface area contributed by atoms with Gasteiger partial charge in [-0.05, 0) is 12.1 Å². The normalized spacial score (nSPS) is 21.9. The van der Waals surface area contributed by atoms with Crippen molar-refractivity contribution >= 4 is 17.1 Å². The van der Waals surface area contributed by atoms with Crippen LogP contribution in [0.1, 0.15) is 6.42 Å². The number of benzene rings is 1. The van der Waals surface area contributed by atoms with Crippen molar-refractivity contribution in [1.82, 2.24) is 10.3 Å². The lowest BCUT2D eigenvalue weighted by molar-refractivity contribution is -0.00699. The number of halogens is 3. The monoisotopic (exact) mass is 271 g/mol. The Morgan fingerprint density at radius 1 is 1.47 bits per heavy atom. The van der Waals surface area contributed by atoms with Gasteiger partial charge in [0.1, 0.15) is 11.3 Å². The van der Waals surface area contributed by atoms with Crippen molar-refractivity contribution < 1.29 is 17.6 Å². The second-order valence-electron chi connectivity index (χ2n) is 4.53. The number of nitrogens with one attached hydrogen (secondary N) is 2. The zero-order valence-corrected chi connectivity index (χ0v) is 9.92. The Morgan fingerprint density at radius 2 is 2.32 bits per heavy atom. The van der Waals surface area contributed by atoms with Gasteiger partial charge in [-0.1, -0.05) is 0 Å². The topological polar surface area (TPSA) is 50.1 Å². The van der Waals surface area contributed by atoms with Crippen molar-refractivity contribution in [1.29, 1.82) is 0 Å². The van der Waals surface area contributed by atoms with Crippen LogP contribution in [0.3, 0.4) is 0 Å². The van der Waals surface area contributed by atoms with Gasteiger partial charge >= 0.3 is 0 Å². The standard InChI is InChI=1S/C12H12F3N3O/c13-7-1-2-9-8(5-7)18-11(19-9)17-6-10-12(14,15)3-4-16-10/h1-2,5,10,16H,3-4,6H2,(H,17,18). The molecule has 0 aliphatic carbocycles. The minimum Gasteiger partial charge on any atom is -0.424 e. The van der Waals surface area contributed by atoms with E-state index in [-0.39, 0.29) is 25.5 Å². The van der Waals surface area contributed by atoms with Crippen LogP contribution < -0.4 is 10.6 Å². The zero-order valence-electron chi connectivity index (χ0n) is 9.92. The summed E-state index contributed by atoms with van der Waals surface area (Å²) in [6, 6.07) is 3.10. The van der Waals surface area contributed by atoms with Gasteiger partial charge in [0.2, 0.25) is 0 Å². The average Bonchev–Trinajstić information content (AvgIpc) is 2.88. The van der Waals surface area contributed by atoms with E-state index in [4.69, 9.17) is 4.42 Å². The number of aromatic nitrogens is 1. The minimum absolute atomic E-state index is 0.00229. The van der Waals surface area contributed by atoms with Crippen LogP contribution in [0, 0.1) is 5.82 Å². The molecule has 0 bridgehead atoms. The summed E-state index contributed by atoms with van der Waals surface area (Å²) >= 11 is 0. The first-order chi connectivity index (χ1) is 9.04. The van der Waals surface area contributed by atoms with E-state index in [1.165, 1.54) is 18.2 Å². The summed E-state index contributed by atoms with van der Waals surface area (Å²) in [5.74, 6) is -3.15. The first-order valence-corrected chi connectivity index (χ1v) is 5.96. The molecule has 0 saturated carbocycles. The molecule has 19 heavy (non-hydrogen) atoms. The van der Waals surface area contributed by atoms with Gasteiger partial charge in [0, 0.05) is 25.6 Å². The predicted octanol–water partition coefficient (Wildman–Crippen LogP) is 2.38. The van der Waals surface area contributed by atoms with Crippen LogP contribution in [-0.4, -0.2) is 30.0 Å². The maximum Gasteiger partial charge on any atom is 0.295 e. The van der Waals surface area contributed by atoms with Crippen molar-refractivity contribution in [3.63, 3.8) is 0 Å². The van der Waals surface area contributed by atoms with Crippen LogP contribution >= 0.6 is 0 Å². The third kappa shape index (κ3) is 2.37. The van der Waals surface area contributed by atoms with Gasteiger partial charge in [0.05, 0.1) is 6.04 Å². The van der Waals surface area contributed by atoms with E-state index in [1.54, 1.807) is 0 Å². The molecule has 7 heteroatoms. The van der Waals surface area contributed by atoms with E-state index < -0.39 is 17.8 Å². The third-order valence-corrected chi connectivity index (χ3v) is 3.17. The number of rotatable bonds is 3.